The molecule has 0 saturated carbocycles. The van der Waals surface area contributed by atoms with E-state index in [1.807, 2.05) is 0 Å². The van der Waals surface area contributed by atoms with Crippen LogP contribution in [-0.2, 0) is 15.9 Å². The first-order chi connectivity index (χ1) is 8.24. The maximum absolute atomic E-state index is 14.7. The molecule has 0 bridgehead atoms. The lowest BCUT2D eigenvalue weighted by molar-refractivity contribution is 0.177. The molecule has 1 saturated heterocycles. The van der Waals surface area contributed by atoms with Crippen LogP contribution in [0.4, 0.5) is 8.78 Å². The van der Waals surface area contributed by atoms with Gasteiger partial charge in [-0.15, -0.1) is 0 Å². The van der Waals surface area contributed by atoms with Gasteiger partial charge in [0.05, 0.1) is 6.54 Å². The van der Waals surface area contributed by atoms with E-state index in [4.69, 9.17) is 16.7 Å². The summed E-state index contributed by atoms with van der Waals surface area (Å²) in [5.74, 6) is -0.790. The second-order valence-corrected chi connectivity index (χ2v) is 6.14. The summed E-state index contributed by atoms with van der Waals surface area (Å²) in [6.07, 6.45) is -0.177. The summed E-state index contributed by atoms with van der Waals surface area (Å²) >= 11 is 5.78. The van der Waals surface area contributed by atoms with Crippen LogP contribution >= 0.6 is 11.6 Å². The largest absolute Gasteiger partial charge is 0.277 e. The van der Waals surface area contributed by atoms with Gasteiger partial charge in [0.1, 0.15) is 5.82 Å². The normalized spacial score (nSPS) is 25.6. The Morgan fingerprint density at radius 2 is 2.11 bits per heavy atom. The summed E-state index contributed by atoms with van der Waals surface area (Å²) in [6.45, 7) is -0.619. The standard InChI is InChI=1S/C10H11ClF2N2O2S/c11-7-2-1-3-8(12)9(7)10(13)4-5-15(6-10)18(14,16)17/h1-3H,4-6H2,(H2,14,16,17). The number of hydrogen-bond donors (Lipinski definition) is 1. The number of alkyl halides is 1. The fourth-order valence-electron chi connectivity index (χ4n) is 2.09. The van der Waals surface area contributed by atoms with Gasteiger partial charge in [-0.05, 0) is 12.1 Å². The zero-order valence-electron chi connectivity index (χ0n) is 9.24. The number of benzene rings is 1. The Hall–Kier alpha value is -0.760. The fourth-order valence-corrected chi connectivity index (χ4v) is 3.15. The average Bonchev–Trinajstić information content (AvgIpc) is 2.60. The molecule has 1 unspecified atom stereocenters. The van der Waals surface area contributed by atoms with E-state index in [-0.39, 0.29) is 23.6 Å². The van der Waals surface area contributed by atoms with Crippen molar-refractivity contribution in [1.82, 2.24) is 4.31 Å². The second-order valence-electron chi connectivity index (χ2n) is 4.19. The molecular weight excluding hydrogens is 286 g/mol. The zero-order chi connectivity index (χ0) is 13.6. The van der Waals surface area contributed by atoms with E-state index in [9.17, 15) is 17.2 Å². The highest BCUT2D eigenvalue weighted by Crippen LogP contribution is 2.41. The topological polar surface area (TPSA) is 63.4 Å². The van der Waals surface area contributed by atoms with Crippen LogP contribution in [0.15, 0.2) is 18.2 Å². The number of halogens is 3. The highest BCUT2D eigenvalue weighted by molar-refractivity contribution is 7.86. The van der Waals surface area contributed by atoms with Crippen LogP contribution in [0.2, 0.25) is 5.02 Å². The first kappa shape index (κ1) is 13.7. The molecule has 2 N–H and O–H groups in total. The number of rotatable bonds is 2. The fraction of sp³-hybridized carbons (Fsp3) is 0.400. The Morgan fingerprint density at radius 3 is 2.61 bits per heavy atom. The van der Waals surface area contributed by atoms with Crippen LogP contribution in [0.25, 0.3) is 0 Å². The van der Waals surface area contributed by atoms with Gasteiger partial charge in [0.2, 0.25) is 0 Å². The number of nitrogens with two attached hydrogens (primary N) is 1. The predicted molar refractivity (Wildman–Crippen MR) is 63.5 cm³/mol. The van der Waals surface area contributed by atoms with Gasteiger partial charge in [-0.2, -0.15) is 12.7 Å². The van der Waals surface area contributed by atoms with Crippen molar-refractivity contribution in [3.05, 3.63) is 34.6 Å². The molecule has 0 aromatic heterocycles. The molecule has 18 heavy (non-hydrogen) atoms. The molecule has 1 fully saturated rings. The Kier molecular flexibility index (Phi) is 3.35. The van der Waals surface area contributed by atoms with Crippen molar-refractivity contribution < 1.29 is 17.2 Å². The van der Waals surface area contributed by atoms with Crippen molar-refractivity contribution in [1.29, 1.82) is 0 Å². The molecule has 4 nitrogen and oxygen atoms in total. The highest BCUT2D eigenvalue weighted by atomic mass is 35.5. The lowest BCUT2D eigenvalue weighted by Gasteiger charge is -2.22. The molecule has 100 valence electrons. The summed E-state index contributed by atoms with van der Waals surface area (Å²) in [7, 11) is -3.98. The molecule has 1 aliphatic heterocycles. The molecule has 1 aliphatic rings. The third-order valence-electron chi connectivity index (χ3n) is 2.96. The van der Waals surface area contributed by atoms with Crippen molar-refractivity contribution in [2.24, 2.45) is 5.14 Å². The van der Waals surface area contributed by atoms with Gasteiger partial charge in [0, 0.05) is 23.6 Å². The molecule has 0 aliphatic carbocycles. The predicted octanol–water partition coefficient (Wildman–Crippen LogP) is 1.55. The Bertz CT molecular complexity index is 561. The molecule has 2 rings (SSSR count). The Morgan fingerprint density at radius 1 is 1.44 bits per heavy atom. The molecule has 1 aromatic carbocycles. The summed E-state index contributed by atoms with van der Waals surface area (Å²) in [6, 6.07) is 3.81. The minimum atomic E-state index is -3.98. The quantitative estimate of drug-likeness (QED) is 0.900. The minimum absolute atomic E-state index is 0.0613. The smallest absolute Gasteiger partial charge is 0.237 e. The maximum Gasteiger partial charge on any atom is 0.277 e. The lowest BCUT2D eigenvalue weighted by atomic mass is 9.94. The monoisotopic (exact) mass is 296 g/mol. The van der Waals surface area contributed by atoms with Crippen LogP contribution in [0.3, 0.4) is 0 Å². The van der Waals surface area contributed by atoms with E-state index in [1.165, 1.54) is 12.1 Å². The summed E-state index contributed by atoms with van der Waals surface area (Å²) in [4.78, 5) is 0. The van der Waals surface area contributed by atoms with Gasteiger partial charge in [0.15, 0.2) is 5.67 Å². The molecular formula is C10H11ClF2N2O2S. The molecule has 0 spiro atoms. The van der Waals surface area contributed by atoms with Gasteiger partial charge < -0.3 is 0 Å². The van der Waals surface area contributed by atoms with Crippen molar-refractivity contribution in [2.75, 3.05) is 13.1 Å². The average molecular weight is 297 g/mol. The Labute approximate surface area is 109 Å². The molecule has 8 heteroatoms. The van der Waals surface area contributed by atoms with E-state index in [1.54, 1.807) is 0 Å². The third kappa shape index (κ3) is 2.35. The van der Waals surface area contributed by atoms with Gasteiger partial charge in [-0.1, -0.05) is 17.7 Å². The summed E-state index contributed by atoms with van der Waals surface area (Å²) in [5.41, 5.74) is -2.45. The van der Waals surface area contributed by atoms with Crippen molar-refractivity contribution in [3.8, 4) is 0 Å². The van der Waals surface area contributed by atoms with E-state index in [0.29, 0.717) is 0 Å². The molecule has 1 atom stereocenters. The molecule has 0 radical (unpaired) electrons. The van der Waals surface area contributed by atoms with E-state index in [2.05, 4.69) is 0 Å². The van der Waals surface area contributed by atoms with Gasteiger partial charge in [0.25, 0.3) is 10.2 Å². The minimum Gasteiger partial charge on any atom is -0.237 e. The summed E-state index contributed by atoms with van der Waals surface area (Å²) < 4.78 is 51.3. The Balaban J connectivity index is 2.40. The van der Waals surface area contributed by atoms with Gasteiger partial charge in [-0.25, -0.2) is 13.9 Å². The van der Waals surface area contributed by atoms with Gasteiger partial charge in [-0.3, -0.25) is 0 Å². The van der Waals surface area contributed by atoms with Crippen LogP contribution in [0, 0.1) is 5.82 Å². The number of nitrogens with zero attached hydrogens (tertiary/aromatic N) is 1. The van der Waals surface area contributed by atoms with E-state index in [0.717, 1.165) is 10.4 Å². The van der Waals surface area contributed by atoms with Gasteiger partial charge >= 0.3 is 0 Å². The van der Waals surface area contributed by atoms with Crippen LogP contribution < -0.4 is 5.14 Å². The highest BCUT2D eigenvalue weighted by Gasteiger charge is 2.46. The molecule has 0 amide bonds. The summed E-state index contributed by atoms with van der Waals surface area (Å²) in [5, 5.41) is 4.86. The molecule has 1 heterocycles. The number of hydrogen-bond acceptors (Lipinski definition) is 2. The lowest BCUT2D eigenvalue weighted by Crippen LogP contribution is -2.37. The van der Waals surface area contributed by atoms with Crippen LogP contribution in [0.1, 0.15) is 12.0 Å². The second kappa shape index (κ2) is 4.41. The third-order valence-corrected chi connectivity index (χ3v) is 4.30. The SMILES string of the molecule is NS(=O)(=O)N1CCC(F)(c2c(F)cccc2Cl)C1. The van der Waals surface area contributed by atoms with Crippen LogP contribution in [0.5, 0.6) is 0 Å². The van der Waals surface area contributed by atoms with Crippen molar-refractivity contribution >= 4 is 21.8 Å². The zero-order valence-corrected chi connectivity index (χ0v) is 10.8. The molecule has 1 aromatic rings. The first-order valence-electron chi connectivity index (χ1n) is 5.15. The first-order valence-corrected chi connectivity index (χ1v) is 7.03. The van der Waals surface area contributed by atoms with E-state index < -0.39 is 28.2 Å². The van der Waals surface area contributed by atoms with E-state index >= 15 is 0 Å². The van der Waals surface area contributed by atoms with Crippen molar-refractivity contribution in [3.63, 3.8) is 0 Å². The van der Waals surface area contributed by atoms with Crippen LogP contribution in [-0.4, -0.2) is 25.8 Å². The van der Waals surface area contributed by atoms with Crippen molar-refractivity contribution in [2.45, 2.75) is 12.1 Å². The maximum atomic E-state index is 14.7.